The van der Waals surface area contributed by atoms with Crippen molar-refractivity contribution in [1.29, 1.82) is 0 Å². The third-order valence-corrected chi connectivity index (χ3v) is 10.2. The van der Waals surface area contributed by atoms with Crippen molar-refractivity contribution < 1.29 is 19.1 Å². The number of carbonyl (C=O) groups is 2. The molecule has 45 heavy (non-hydrogen) atoms. The molecular weight excluding hydrogens is 558 g/mol. The van der Waals surface area contributed by atoms with Gasteiger partial charge in [-0.05, 0) is 76.9 Å². The van der Waals surface area contributed by atoms with Crippen LogP contribution < -0.4 is 0 Å². The normalized spacial score (nSPS) is 15.6. The molecule has 266 valence electrons. The van der Waals surface area contributed by atoms with Gasteiger partial charge in [0.25, 0.3) is 0 Å². The lowest BCUT2D eigenvalue weighted by Gasteiger charge is -2.28. The predicted octanol–water partition coefficient (Wildman–Crippen LogP) is 11.5. The molecule has 5 heteroatoms. The second-order valence-electron chi connectivity index (χ2n) is 14.5. The van der Waals surface area contributed by atoms with Gasteiger partial charge in [0.05, 0.1) is 19.1 Å². The lowest BCUT2D eigenvalue weighted by atomic mass is 9.91. The van der Waals surface area contributed by atoms with Crippen LogP contribution in [0, 0.1) is 17.8 Å². The molecule has 0 N–H and O–H groups in total. The van der Waals surface area contributed by atoms with Gasteiger partial charge in [0.2, 0.25) is 0 Å². The molecule has 1 fully saturated rings. The van der Waals surface area contributed by atoms with E-state index in [0.29, 0.717) is 25.6 Å². The summed E-state index contributed by atoms with van der Waals surface area (Å²) in [5, 5.41) is 0. The predicted molar refractivity (Wildman–Crippen MR) is 192 cm³/mol. The number of likely N-dealkylation sites (tertiary alicyclic amines) is 1. The van der Waals surface area contributed by atoms with Crippen molar-refractivity contribution in [3.8, 4) is 0 Å². The number of rotatable bonds is 31. The van der Waals surface area contributed by atoms with Crippen molar-refractivity contribution in [3.63, 3.8) is 0 Å². The molecule has 2 unspecified atom stereocenters. The van der Waals surface area contributed by atoms with E-state index in [1.807, 2.05) is 0 Å². The fourth-order valence-electron chi connectivity index (χ4n) is 6.93. The standard InChI is InChI=1S/C40H77NO4/c1-5-8-11-15-20-26-37(35-45-40(43)38-30-32-41(4)33-31-38)27-21-16-13-14-17-22-29-39(42)44-34-23-28-36(24-18-10-7-3)25-19-12-9-6-2/h36-38H,5-35H2,1-4H3. The Hall–Kier alpha value is -1.10. The molecule has 0 saturated carbocycles. The van der Waals surface area contributed by atoms with Gasteiger partial charge in [0.15, 0.2) is 0 Å². The Morgan fingerprint density at radius 1 is 0.578 bits per heavy atom. The van der Waals surface area contributed by atoms with Gasteiger partial charge in [-0.15, -0.1) is 0 Å². The zero-order valence-electron chi connectivity index (χ0n) is 30.7. The fraction of sp³-hybridized carbons (Fsp3) is 0.950. The van der Waals surface area contributed by atoms with Crippen LogP contribution in [0.3, 0.4) is 0 Å². The molecule has 1 heterocycles. The molecule has 5 nitrogen and oxygen atoms in total. The van der Waals surface area contributed by atoms with E-state index in [1.54, 1.807) is 0 Å². The molecular formula is C40H77NO4. The monoisotopic (exact) mass is 636 g/mol. The highest BCUT2D eigenvalue weighted by Gasteiger charge is 2.25. The quantitative estimate of drug-likeness (QED) is 0.0560. The van der Waals surface area contributed by atoms with Crippen LogP contribution in [-0.2, 0) is 19.1 Å². The fourth-order valence-corrected chi connectivity index (χ4v) is 6.93. The second kappa shape index (κ2) is 30.2. The Bertz CT molecular complexity index is 675. The minimum Gasteiger partial charge on any atom is -0.466 e. The molecule has 0 amide bonds. The van der Waals surface area contributed by atoms with Crippen molar-refractivity contribution in [3.05, 3.63) is 0 Å². The summed E-state index contributed by atoms with van der Waals surface area (Å²) in [6, 6.07) is 0. The Morgan fingerprint density at radius 3 is 1.62 bits per heavy atom. The molecule has 1 saturated heterocycles. The molecule has 1 rings (SSSR count). The summed E-state index contributed by atoms with van der Waals surface area (Å²) in [5.41, 5.74) is 0. The van der Waals surface area contributed by atoms with Gasteiger partial charge in [-0.1, -0.05) is 143 Å². The van der Waals surface area contributed by atoms with E-state index in [0.717, 1.165) is 51.1 Å². The van der Waals surface area contributed by atoms with Gasteiger partial charge in [-0.25, -0.2) is 0 Å². The van der Waals surface area contributed by atoms with Crippen LogP contribution in [0.4, 0.5) is 0 Å². The number of hydrogen-bond acceptors (Lipinski definition) is 5. The zero-order valence-corrected chi connectivity index (χ0v) is 30.7. The molecule has 1 aliphatic rings. The van der Waals surface area contributed by atoms with Gasteiger partial charge in [-0.3, -0.25) is 9.59 Å². The molecule has 0 aromatic carbocycles. The Labute approximate surface area is 280 Å². The summed E-state index contributed by atoms with van der Waals surface area (Å²) in [5.74, 6) is 1.46. The molecule has 2 atom stereocenters. The van der Waals surface area contributed by atoms with Crippen LogP contribution in [-0.4, -0.2) is 50.2 Å². The van der Waals surface area contributed by atoms with Gasteiger partial charge in [0, 0.05) is 6.42 Å². The number of ether oxygens (including phenoxy) is 2. The summed E-state index contributed by atoms with van der Waals surface area (Å²) < 4.78 is 11.5. The van der Waals surface area contributed by atoms with Crippen LogP contribution in [0.5, 0.6) is 0 Å². The maximum atomic E-state index is 12.7. The largest absolute Gasteiger partial charge is 0.466 e. The topological polar surface area (TPSA) is 55.8 Å². The van der Waals surface area contributed by atoms with Crippen molar-refractivity contribution in [1.82, 2.24) is 4.90 Å². The average molecular weight is 636 g/mol. The maximum absolute atomic E-state index is 12.7. The Kier molecular flexibility index (Phi) is 28.2. The van der Waals surface area contributed by atoms with E-state index in [-0.39, 0.29) is 17.9 Å². The first-order chi connectivity index (χ1) is 22.0. The number of carbonyl (C=O) groups excluding carboxylic acids is 2. The summed E-state index contributed by atoms with van der Waals surface area (Å²) in [4.78, 5) is 27.2. The van der Waals surface area contributed by atoms with Crippen LogP contribution in [0.25, 0.3) is 0 Å². The minimum atomic E-state index is -0.00273. The molecule has 1 aliphatic heterocycles. The minimum absolute atomic E-state index is 0.00273. The molecule has 0 aromatic rings. The Morgan fingerprint density at radius 2 is 1.02 bits per heavy atom. The van der Waals surface area contributed by atoms with E-state index in [1.165, 1.54) is 135 Å². The molecule has 0 radical (unpaired) electrons. The van der Waals surface area contributed by atoms with Crippen molar-refractivity contribution in [2.45, 2.75) is 194 Å². The van der Waals surface area contributed by atoms with E-state index in [4.69, 9.17) is 9.47 Å². The van der Waals surface area contributed by atoms with Gasteiger partial charge >= 0.3 is 11.9 Å². The van der Waals surface area contributed by atoms with Gasteiger partial charge in [-0.2, -0.15) is 0 Å². The van der Waals surface area contributed by atoms with E-state index in [2.05, 4.69) is 32.7 Å². The summed E-state index contributed by atoms with van der Waals surface area (Å²) in [6.45, 7) is 10.0. The van der Waals surface area contributed by atoms with E-state index in [9.17, 15) is 9.59 Å². The first kappa shape index (κ1) is 41.9. The summed E-state index contributed by atoms with van der Waals surface area (Å²) >= 11 is 0. The van der Waals surface area contributed by atoms with Gasteiger partial charge in [0.1, 0.15) is 0 Å². The van der Waals surface area contributed by atoms with Crippen molar-refractivity contribution in [2.24, 2.45) is 17.8 Å². The highest BCUT2D eigenvalue weighted by molar-refractivity contribution is 5.72. The molecule has 0 spiro atoms. The lowest BCUT2D eigenvalue weighted by Crippen LogP contribution is -2.34. The van der Waals surface area contributed by atoms with E-state index >= 15 is 0 Å². The number of nitrogens with zero attached hydrogens (tertiary/aromatic N) is 1. The third-order valence-electron chi connectivity index (χ3n) is 10.2. The second-order valence-corrected chi connectivity index (χ2v) is 14.5. The molecule has 0 aliphatic carbocycles. The number of piperidine rings is 1. The van der Waals surface area contributed by atoms with Crippen molar-refractivity contribution in [2.75, 3.05) is 33.4 Å². The number of esters is 2. The highest BCUT2D eigenvalue weighted by atomic mass is 16.5. The first-order valence-electron chi connectivity index (χ1n) is 20.0. The van der Waals surface area contributed by atoms with Crippen molar-refractivity contribution >= 4 is 11.9 Å². The Balaban J connectivity index is 2.15. The maximum Gasteiger partial charge on any atom is 0.309 e. The third kappa shape index (κ3) is 24.7. The molecule has 0 bridgehead atoms. The average Bonchev–Trinajstić information content (AvgIpc) is 3.04. The van der Waals surface area contributed by atoms with Crippen LogP contribution in [0.2, 0.25) is 0 Å². The van der Waals surface area contributed by atoms with Gasteiger partial charge < -0.3 is 14.4 Å². The van der Waals surface area contributed by atoms with Crippen LogP contribution >= 0.6 is 0 Å². The highest BCUT2D eigenvalue weighted by Crippen LogP contribution is 2.24. The first-order valence-corrected chi connectivity index (χ1v) is 20.0. The van der Waals surface area contributed by atoms with Crippen LogP contribution in [0.1, 0.15) is 194 Å². The summed E-state index contributed by atoms with van der Waals surface area (Å²) in [7, 11) is 2.13. The number of unbranched alkanes of at least 4 members (excludes halogenated alkanes) is 14. The number of hydrogen-bond donors (Lipinski definition) is 0. The van der Waals surface area contributed by atoms with E-state index < -0.39 is 0 Å². The molecule has 0 aromatic heterocycles. The SMILES string of the molecule is CCCCCCCC(CCCCCCCCC(=O)OCCCC(CCCCC)CCCCCC)COC(=O)C1CCN(C)CC1. The van der Waals surface area contributed by atoms with Crippen LogP contribution in [0.15, 0.2) is 0 Å². The smallest absolute Gasteiger partial charge is 0.309 e. The summed E-state index contributed by atoms with van der Waals surface area (Å²) in [6.07, 6.45) is 32.5. The zero-order chi connectivity index (χ0) is 32.8. The lowest BCUT2D eigenvalue weighted by molar-refractivity contribution is -0.151.